The van der Waals surface area contributed by atoms with Gasteiger partial charge in [-0.05, 0) is 56.0 Å². The molecule has 0 radical (unpaired) electrons. The van der Waals surface area contributed by atoms with Crippen molar-refractivity contribution >= 4 is 0 Å². The second-order valence-electron chi connectivity index (χ2n) is 4.02. The topological polar surface area (TPSA) is 12.0 Å². The van der Waals surface area contributed by atoms with E-state index >= 15 is 0 Å². The molecule has 0 aromatic heterocycles. The van der Waals surface area contributed by atoms with E-state index in [1.165, 1.54) is 18.4 Å². The molecule has 1 aromatic rings. The first-order valence-corrected chi connectivity index (χ1v) is 7.30. The third-order valence-electron chi connectivity index (χ3n) is 2.90. The van der Waals surface area contributed by atoms with Gasteiger partial charge in [0.1, 0.15) is 5.82 Å². The Hall–Kier alpha value is -0.890. The monoisotopic (exact) mass is 253 g/mol. The zero-order valence-corrected chi connectivity index (χ0v) is 12.3. The largest absolute Gasteiger partial charge is 0.317 e. The third-order valence-corrected chi connectivity index (χ3v) is 2.90. The Morgan fingerprint density at radius 3 is 2.00 bits per heavy atom. The third kappa shape index (κ3) is 6.75. The summed E-state index contributed by atoms with van der Waals surface area (Å²) in [6.45, 7) is 10.3. The lowest BCUT2D eigenvalue weighted by atomic mass is 9.91. The van der Waals surface area contributed by atoms with Gasteiger partial charge in [0, 0.05) is 0 Å². The lowest BCUT2D eigenvalue weighted by Crippen LogP contribution is -2.28. The van der Waals surface area contributed by atoms with Gasteiger partial charge in [-0.25, -0.2) is 4.39 Å². The first-order chi connectivity index (χ1) is 8.84. The quantitative estimate of drug-likeness (QED) is 0.822. The van der Waals surface area contributed by atoms with Crippen LogP contribution in [-0.2, 0) is 6.42 Å². The molecule has 2 rings (SSSR count). The highest BCUT2D eigenvalue weighted by Crippen LogP contribution is 2.17. The van der Waals surface area contributed by atoms with Crippen LogP contribution in [0.2, 0.25) is 0 Å². The van der Waals surface area contributed by atoms with Crippen molar-refractivity contribution in [3.8, 4) is 0 Å². The van der Waals surface area contributed by atoms with Crippen LogP contribution in [0.15, 0.2) is 24.3 Å². The Kier molecular flexibility index (Phi) is 10.7. The summed E-state index contributed by atoms with van der Waals surface area (Å²) < 4.78 is 12.7. The number of rotatable bonds is 2. The van der Waals surface area contributed by atoms with Crippen LogP contribution in [0.1, 0.15) is 46.1 Å². The van der Waals surface area contributed by atoms with Gasteiger partial charge in [-0.15, -0.1) is 0 Å². The normalized spacial score (nSPS) is 14.9. The second-order valence-corrected chi connectivity index (χ2v) is 4.02. The Morgan fingerprint density at radius 1 is 1.00 bits per heavy atom. The molecule has 0 spiro atoms. The van der Waals surface area contributed by atoms with Crippen LogP contribution >= 0.6 is 0 Å². The highest BCUT2D eigenvalue weighted by atomic mass is 19.1. The molecule has 1 N–H and O–H groups in total. The molecular weight excluding hydrogens is 225 g/mol. The molecule has 0 bridgehead atoms. The minimum atomic E-state index is -0.140. The Morgan fingerprint density at radius 2 is 1.50 bits per heavy atom. The van der Waals surface area contributed by atoms with Crippen molar-refractivity contribution in [3.63, 3.8) is 0 Å². The van der Waals surface area contributed by atoms with E-state index in [-0.39, 0.29) is 5.82 Å². The van der Waals surface area contributed by atoms with Crippen molar-refractivity contribution in [1.29, 1.82) is 0 Å². The average molecular weight is 253 g/mol. The molecule has 1 fully saturated rings. The maximum absolute atomic E-state index is 12.7. The fourth-order valence-corrected chi connectivity index (χ4v) is 2.04. The fraction of sp³-hybridized carbons (Fsp3) is 0.625. The molecule has 0 amide bonds. The van der Waals surface area contributed by atoms with Crippen LogP contribution in [0.25, 0.3) is 0 Å². The summed E-state index contributed by atoms with van der Waals surface area (Å²) in [7, 11) is 0. The van der Waals surface area contributed by atoms with E-state index in [9.17, 15) is 4.39 Å². The van der Waals surface area contributed by atoms with Crippen molar-refractivity contribution in [2.45, 2.75) is 47.0 Å². The maximum atomic E-state index is 12.7. The van der Waals surface area contributed by atoms with Gasteiger partial charge in [-0.1, -0.05) is 39.8 Å². The standard InChI is InChI=1S/C12H16FN.2C2H6/c13-12-3-1-10(2-4-12)9-11-5-7-14-8-6-11;2*1-2/h1-4,11,14H,5-9H2;2*1-2H3. The number of halogens is 1. The lowest BCUT2D eigenvalue weighted by molar-refractivity contribution is 0.372. The molecule has 104 valence electrons. The Balaban J connectivity index is 0.000000659. The molecule has 1 nitrogen and oxygen atoms in total. The minimum absolute atomic E-state index is 0.140. The van der Waals surface area contributed by atoms with Gasteiger partial charge < -0.3 is 5.32 Å². The summed E-state index contributed by atoms with van der Waals surface area (Å²) >= 11 is 0. The molecule has 0 unspecified atom stereocenters. The molecule has 0 aliphatic carbocycles. The second kappa shape index (κ2) is 11.2. The fourth-order valence-electron chi connectivity index (χ4n) is 2.04. The van der Waals surface area contributed by atoms with E-state index in [0.29, 0.717) is 0 Å². The first-order valence-electron chi connectivity index (χ1n) is 7.30. The molecule has 1 heterocycles. The van der Waals surface area contributed by atoms with Gasteiger partial charge in [0.05, 0.1) is 0 Å². The van der Waals surface area contributed by atoms with Gasteiger partial charge in [0.15, 0.2) is 0 Å². The number of hydrogen-bond acceptors (Lipinski definition) is 1. The smallest absolute Gasteiger partial charge is 0.123 e. The number of nitrogens with one attached hydrogen (secondary N) is 1. The number of hydrogen-bond donors (Lipinski definition) is 1. The van der Waals surface area contributed by atoms with Gasteiger partial charge in [-0.2, -0.15) is 0 Å². The zero-order valence-electron chi connectivity index (χ0n) is 12.3. The Labute approximate surface area is 112 Å². The van der Waals surface area contributed by atoms with Crippen molar-refractivity contribution in [1.82, 2.24) is 5.32 Å². The van der Waals surface area contributed by atoms with Gasteiger partial charge in [0.2, 0.25) is 0 Å². The molecule has 0 saturated carbocycles. The van der Waals surface area contributed by atoms with Gasteiger partial charge >= 0.3 is 0 Å². The summed E-state index contributed by atoms with van der Waals surface area (Å²) in [5, 5.41) is 3.35. The summed E-state index contributed by atoms with van der Waals surface area (Å²) in [5.74, 6) is 0.640. The van der Waals surface area contributed by atoms with E-state index < -0.39 is 0 Å². The number of piperidine rings is 1. The van der Waals surface area contributed by atoms with E-state index in [4.69, 9.17) is 0 Å². The molecule has 0 atom stereocenters. The van der Waals surface area contributed by atoms with E-state index in [1.807, 2.05) is 39.8 Å². The van der Waals surface area contributed by atoms with Crippen LogP contribution in [0.5, 0.6) is 0 Å². The molecule has 2 heteroatoms. The molecule has 1 saturated heterocycles. The minimum Gasteiger partial charge on any atom is -0.317 e. The van der Waals surface area contributed by atoms with Crippen molar-refractivity contribution < 1.29 is 4.39 Å². The van der Waals surface area contributed by atoms with Gasteiger partial charge in [0.25, 0.3) is 0 Å². The molecule has 1 aliphatic heterocycles. The van der Waals surface area contributed by atoms with Crippen molar-refractivity contribution in [2.75, 3.05) is 13.1 Å². The van der Waals surface area contributed by atoms with Crippen LogP contribution in [0.3, 0.4) is 0 Å². The highest BCUT2D eigenvalue weighted by molar-refractivity contribution is 5.16. The van der Waals surface area contributed by atoms with Crippen molar-refractivity contribution in [2.24, 2.45) is 5.92 Å². The first kappa shape index (κ1) is 17.1. The van der Waals surface area contributed by atoms with E-state index in [2.05, 4.69) is 5.32 Å². The summed E-state index contributed by atoms with van der Waals surface area (Å²) in [6, 6.07) is 6.90. The molecule has 18 heavy (non-hydrogen) atoms. The highest BCUT2D eigenvalue weighted by Gasteiger charge is 2.13. The van der Waals surface area contributed by atoms with Crippen molar-refractivity contribution in [3.05, 3.63) is 35.6 Å². The number of benzene rings is 1. The van der Waals surface area contributed by atoms with Crippen LogP contribution in [0, 0.1) is 11.7 Å². The summed E-state index contributed by atoms with van der Waals surface area (Å²) in [4.78, 5) is 0. The predicted octanol–water partition coefficient (Wildman–Crippen LogP) is 4.42. The van der Waals surface area contributed by atoms with Gasteiger partial charge in [-0.3, -0.25) is 0 Å². The van der Waals surface area contributed by atoms with Crippen LogP contribution in [0.4, 0.5) is 4.39 Å². The zero-order chi connectivity index (χ0) is 13.8. The summed E-state index contributed by atoms with van der Waals surface area (Å²) in [6.07, 6.45) is 3.59. The predicted molar refractivity (Wildman–Crippen MR) is 78.4 cm³/mol. The molecular formula is C16H28FN. The SMILES string of the molecule is CC.CC.Fc1ccc(CC2CCNCC2)cc1. The average Bonchev–Trinajstić information content (AvgIpc) is 2.47. The van der Waals surface area contributed by atoms with Crippen LogP contribution < -0.4 is 5.32 Å². The molecule has 1 aliphatic rings. The van der Waals surface area contributed by atoms with E-state index in [0.717, 1.165) is 25.4 Å². The van der Waals surface area contributed by atoms with E-state index in [1.54, 1.807) is 12.1 Å². The summed E-state index contributed by atoms with van der Waals surface area (Å²) in [5.41, 5.74) is 1.26. The lowest BCUT2D eigenvalue weighted by Gasteiger charge is -2.22. The Bertz CT molecular complexity index is 276. The van der Waals surface area contributed by atoms with Crippen LogP contribution in [-0.4, -0.2) is 13.1 Å². The maximum Gasteiger partial charge on any atom is 0.123 e. The molecule has 1 aromatic carbocycles.